The molecule has 1 aromatic carbocycles. The summed E-state index contributed by atoms with van der Waals surface area (Å²) in [5.74, 6) is -1.70. The molecule has 2 aliphatic rings. The van der Waals surface area contributed by atoms with Crippen molar-refractivity contribution in [2.75, 3.05) is 13.2 Å². The number of nitrogens with two attached hydrogens (primary N) is 1. The van der Waals surface area contributed by atoms with E-state index >= 15 is 0 Å². The van der Waals surface area contributed by atoms with Gasteiger partial charge in [-0.25, -0.2) is 0 Å². The highest BCUT2D eigenvalue weighted by atomic mass is 35.5. The molecule has 3 N–H and O–H groups in total. The predicted octanol–water partition coefficient (Wildman–Crippen LogP) is 2.97. The first kappa shape index (κ1) is 25.8. The molecule has 1 saturated heterocycles. The lowest BCUT2D eigenvalue weighted by molar-refractivity contribution is -0.136. The number of unbranched alkanes of at least 4 members (excludes halogenated alkanes) is 7. The van der Waals surface area contributed by atoms with Crippen molar-refractivity contribution in [3.63, 3.8) is 0 Å². The summed E-state index contributed by atoms with van der Waals surface area (Å²) in [5, 5.41) is 2.20. The van der Waals surface area contributed by atoms with Gasteiger partial charge in [-0.1, -0.05) is 44.6 Å². The third kappa shape index (κ3) is 6.07. The second kappa shape index (κ2) is 12.6. The van der Waals surface area contributed by atoms with Crippen LogP contribution in [-0.2, 0) is 9.59 Å². The molecule has 1 unspecified atom stereocenters. The third-order valence-corrected chi connectivity index (χ3v) is 5.79. The molecular formula is C23H32ClN3O5. The van der Waals surface area contributed by atoms with E-state index < -0.39 is 29.7 Å². The number of ether oxygens (including phenoxy) is 1. The van der Waals surface area contributed by atoms with Crippen LogP contribution in [0, 0.1) is 0 Å². The molecule has 4 amide bonds. The second-order valence-electron chi connectivity index (χ2n) is 8.09. The van der Waals surface area contributed by atoms with Crippen LogP contribution in [0.15, 0.2) is 18.2 Å². The van der Waals surface area contributed by atoms with Crippen molar-refractivity contribution in [3.8, 4) is 5.75 Å². The maximum atomic E-state index is 13.0. The van der Waals surface area contributed by atoms with Crippen LogP contribution in [-0.4, -0.2) is 47.7 Å². The lowest BCUT2D eigenvalue weighted by atomic mass is 10.0. The maximum Gasteiger partial charge on any atom is 0.266 e. The van der Waals surface area contributed by atoms with Crippen molar-refractivity contribution in [3.05, 3.63) is 29.3 Å². The molecule has 0 spiro atoms. The summed E-state index contributed by atoms with van der Waals surface area (Å²) in [7, 11) is 0. The summed E-state index contributed by atoms with van der Waals surface area (Å²) in [5.41, 5.74) is 5.94. The van der Waals surface area contributed by atoms with Gasteiger partial charge in [-0.3, -0.25) is 29.4 Å². The standard InChI is InChI=1S/C23H31N3O5.ClH/c24-14-7-5-3-1-2-4-6-8-15-31-18-11-9-10-16-20(18)23(30)26(22(16)29)17-12-13-19(27)25-21(17)28;/h9-11,17H,1-8,12-15,24H2,(H,25,27,28);1H. The quantitative estimate of drug-likeness (QED) is 0.362. The van der Waals surface area contributed by atoms with Crippen LogP contribution in [0.4, 0.5) is 0 Å². The van der Waals surface area contributed by atoms with Crippen molar-refractivity contribution in [1.29, 1.82) is 0 Å². The van der Waals surface area contributed by atoms with E-state index in [-0.39, 0.29) is 36.4 Å². The summed E-state index contributed by atoms with van der Waals surface area (Å²) < 4.78 is 5.84. The van der Waals surface area contributed by atoms with Gasteiger partial charge in [-0.15, -0.1) is 12.4 Å². The van der Waals surface area contributed by atoms with E-state index in [1.54, 1.807) is 18.2 Å². The monoisotopic (exact) mass is 465 g/mol. The lowest BCUT2D eigenvalue weighted by Crippen LogP contribution is -2.54. The summed E-state index contributed by atoms with van der Waals surface area (Å²) in [6.07, 6.45) is 9.21. The van der Waals surface area contributed by atoms with E-state index in [1.165, 1.54) is 25.7 Å². The highest BCUT2D eigenvalue weighted by Crippen LogP contribution is 2.33. The molecule has 9 heteroatoms. The van der Waals surface area contributed by atoms with Crippen LogP contribution in [0.1, 0.15) is 84.9 Å². The first-order valence-corrected chi connectivity index (χ1v) is 11.2. The Bertz CT molecular complexity index is 845. The number of piperidine rings is 1. The average molecular weight is 466 g/mol. The number of hydrogen-bond donors (Lipinski definition) is 2. The maximum absolute atomic E-state index is 13.0. The van der Waals surface area contributed by atoms with Gasteiger partial charge in [0.15, 0.2) is 0 Å². The molecule has 8 nitrogen and oxygen atoms in total. The van der Waals surface area contributed by atoms with Gasteiger partial charge >= 0.3 is 0 Å². The van der Waals surface area contributed by atoms with Crippen LogP contribution in [0.25, 0.3) is 0 Å². The minimum Gasteiger partial charge on any atom is -0.493 e. The Morgan fingerprint density at radius 3 is 2.25 bits per heavy atom. The molecule has 1 aromatic rings. The zero-order chi connectivity index (χ0) is 22.2. The number of hydrogen-bond acceptors (Lipinski definition) is 6. The number of nitrogens with zero attached hydrogens (tertiary/aromatic N) is 1. The number of carbonyl (C=O) groups is 4. The first-order valence-electron chi connectivity index (χ1n) is 11.2. The molecule has 0 aliphatic carbocycles. The number of nitrogens with one attached hydrogen (secondary N) is 1. The van der Waals surface area contributed by atoms with E-state index in [0.29, 0.717) is 12.4 Å². The average Bonchev–Trinajstić information content (AvgIpc) is 3.01. The van der Waals surface area contributed by atoms with E-state index in [9.17, 15) is 19.2 Å². The van der Waals surface area contributed by atoms with Crippen molar-refractivity contribution >= 4 is 36.0 Å². The number of rotatable bonds is 12. The first-order chi connectivity index (χ1) is 15.0. The third-order valence-electron chi connectivity index (χ3n) is 5.79. The molecular weight excluding hydrogens is 434 g/mol. The van der Waals surface area contributed by atoms with E-state index in [2.05, 4.69) is 5.32 Å². The molecule has 2 aliphatic heterocycles. The summed E-state index contributed by atoms with van der Waals surface area (Å²) >= 11 is 0. The number of amides is 4. The fraction of sp³-hybridized carbons (Fsp3) is 0.565. The molecule has 32 heavy (non-hydrogen) atoms. The number of imide groups is 2. The summed E-state index contributed by atoms with van der Waals surface area (Å²) in [6, 6.07) is 3.95. The van der Waals surface area contributed by atoms with Crippen LogP contribution < -0.4 is 15.8 Å². The Balaban J connectivity index is 0.00000363. The molecule has 0 aromatic heterocycles. The van der Waals surface area contributed by atoms with Gasteiger partial charge in [0.05, 0.1) is 17.7 Å². The Labute approximate surface area is 194 Å². The van der Waals surface area contributed by atoms with Crippen LogP contribution >= 0.6 is 12.4 Å². The van der Waals surface area contributed by atoms with E-state index in [4.69, 9.17) is 10.5 Å². The molecule has 0 saturated carbocycles. The molecule has 176 valence electrons. The molecule has 0 radical (unpaired) electrons. The minimum atomic E-state index is -0.970. The Morgan fingerprint density at radius 1 is 0.938 bits per heavy atom. The van der Waals surface area contributed by atoms with Gasteiger partial charge in [0.2, 0.25) is 11.8 Å². The van der Waals surface area contributed by atoms with Gasteiger partial charge in [-0.05, 0) is 37.9 Å². The van der Waals surface area contributed by atoms with Gasteiger partial charge in [0.1, 0.15) is 11.8 Å². The molecule has 0 bridgehead atoms. The SMILES string of the molecule is Cl.NCCCCCCCCCCOc1cccc2c1C(=O)N(C1CCC(=O)NC1=O)C2=O. The smallest absolute Gasteiger partial charge is 0.266 e. The van der Waals surface area contributed by atoms with Crippen molar-refractivity contribution in [2.45, 2.75) is 70.3 Å². The molecule has 3 rings (SSSR count). The van der Waals surface area contributed by atoms with Crippen molar-refractivity contribution in [1.82, 2.24) is 10.2 Å². The Morgan fingerprint density at radius 2 is 1.59 bits per heavy atom. The Hall–Kier alpha value is -2.45. The normalized spacial score (nSPS) is 17.8. The van der Waals surface area contributed by atoms with Gasteiger partial charge in [-0.2, -0.15) is 0 Å². The van der Waals surface area contributed by atoms with Crippen LogP contribution in [0.5, 0.6) is 5.75 Å². The van der Waals surface area contributed by atoms with Gasteiger partial charge in [0.25, 0.3) is 11.8 Å². The zero-order valence-corrected chi connectivity index (χ0v) is 19.1. The summed E-state index contributed by atoms with van der Waals surface area (Å²) in [4.78, 5) is 50.3. The number of halogens is 1. The van der Waals surface area contributed by atoms with Crippen molar-refractivity contribution in [2.24, 2.45) is 5.73 Å². The molecule has 1 atom stereocenters. The van der Waals surface area contributed by atoms with Gasteiger partial charge in [0, 0.05) is 6.42 Å². The van der Waals surface area contributed by atoms with E-state index in [1.807, 2.05) is 0 Å². The number of carbonyl (C=O) groups excluding carboxylic acids is 4. The fourth-order valence-electron chi connectivity index (χ4n) is 4.09. The molecule has 2 heterocycles. The largest absolute Gasteiger partial charge is 0.493 e. The molecule has 1 fully saturated rings. The Kier molecular flexibility index (Phi) is 10.1. The highest BCUT2D eigenvalue weighted by Gasteiger charge is 2.45. The zero-order valence-electron chi connectivity index (χ0n) is 18.3. The van der Waals surface area contributed by atoms with Crippen LogP contribution in [0.2, 0.25) is 0 Å². The van der Waals surface area contributed by atoms with E-state index in [0.717, 1.165) is 37.1 Å². The van der Waals surface area contributed by atoms with Crippen LogP contribution in [0.3, 0.4) is 0 Å². The predicted molar refractivity (Wildman–Crippen MR) is 122 cm³/mol. The lowest BCUT2D eigenvalue weighted by Gasteiger charge is -2.27. The fourth-order valence-corrected chi connectivity index (χ4v) is 4.09. The number of fused-ring (bicyclic) bond motifs is 1. The summed E-state index contributed by atoms with van der Waals surface area (Å²) in [6.45, 7) is 1.23. The van der Waals surface area contributed by atoms with Crippen molar-refractivity contribution < 1.29 is 23.9 Å². The minimum absolute atomic E-state index is 0. The highest BCUT2D eigenvalue weighted by molar-refractivity contribution is 6.24. The number of benzene rings is 1. The van der Waals surface area contributed by atoms with Gasteiger partial charge < -0.3 is 10.5 Å². The second-order valence-corrected chi connectivity index (χ2v) is 8.09. The topological polar surface area (TPSA) is 119 Å².